The van der Waals surface area contributed by atoms with Crippen LogP contribution >= 0.6 is 0 Å². The Morgan fingerprint density at radius 2 is 2.05 bits per heavy atom. The number of anilines is 1. The van der Waals surface area contributed by atoms with Crippen molar-refractivity contribution in [2.24, 2.45) is 0 Å². The van der Waals surface area contributed by atoms with Crippen molar-refractivity contribution in [3.8, 4) is 23.3 Å². The van der Waals surface area contributed by atoms with E-state index in [0.29, 0.717) is 35.3 Å². The summed E-state index contributed by atoms with van der Waals surface area (Å²) in [5.41, 5.74) is 1.65. The number of hydrogen-bond acceptors (Lipinski definition) is 6. The first-order valence-corrected chi connectivity index (χ1v) is 6.34. The lowest BCUT2D eigenvalue weighted by Crippen LogP contribution is -2.26. The van der Waals surface area contributed by atoms with Gasteiger partial charge in [0.15, 0.2) is 11.5 Å². The maximum Gasteiger partial charge on any atom is 0.169 e. The van der Waals surface area contributed by atoms with E-state index in [2.05, 4.69) is 0 Å². The molecule has 0 bridgehead atoms. The fraction of sp³-hybridized carbons (Fsp3) is 0.133. The van der Waals surface area contributed by atoms with Crippen molar-refractivity contribution in [2.45, 2.75) is 6.42 Å². The number of phenols is 1. The number of rotatable bonds is 2. The van der Waals surface area contributed by atoms with Gasteiger partial charge in [-0.1, -0.05) is 6.07 Å². The SMILES string of the molecule is N#Cc1ccc(Oc2cccc3c2CCON3O)c(O)c1.[B]. The highest BCUT2D eigenvalue weighted by Gasteiger charge is 2.20. The number of benzene rings is 2. The second kappa shape index (κ2) is 6.39. The second-order valence-corrected chi connectivity index (χ2v) is 4.51. The maximum absolute atomic E-state index is 9.88. The van der Waals surface area contributed by atoms with Crippen molar-refractivity contribution in [1.29, 1.82) is 5.26 Å². The number of hydrogen-bond donors (Lipinski definition) is 2. The van der Waals surface area contributed by atoms with Crippen molar-refractivity contribution in [1.82, 2.24) is 0 Å². The van der Waals surface area contributed by atoms with Gasteiger partial charge >= 0.3 is 0 Å². The molecule has 22 heavy (non-hydrogen) atoms. The van der Waals surface area contributed by atoms with Crippen LogP contribution in [-0.2, 0) is 11.3 Å². The van der Waals surface area contributed by atoms with Crippen molar-refractivity contribution in [3.05, 3.63) is 47.5 Å². The summed E-state index contributed by atoms with van der Waals surface area (Å²) >= 11 is 0. The van der Waals surface area contributed by atoms with E-state index in [0.717, 1.165) is 5.56 Å². The third-order valence-corrected chi connectivity index (χ3v) is 3.19. The molecule has 0 amide bonds. The van der Waals surface area contributed by atoms with E-state index in [4.69, 9.17) is 14.8 Å². The minimum atomic E-state index is -0.112. The van der Waals surface area contributed by atoms with E-state index >= 15 is 0 Å². The molecular weight excluding hydrogens is 283 g/mol. The lowest BCUT2D eigenvalue weighted by atomic mass is 10.1. The Morgan fingerprint density at radius 1 is 1.23 bits per heavy atom. The molecule has 1 heterocycles. The van der Waals surface area contributed by atoms with Crippen molar-refractivity contribution in [2.75, 3.05) is 11.8 Å². The molecule has 0 aromatic heterocycles. The first kappa shape index (κ1) is 15.7. The zero-order valence-electron chi connectivity index (χ0n) is 11.6. The highest BCUT2D eigenvalue weighted by Crippen LogP contribution is 2.37. The van der Waals surface area contributed by atoms with Gasteiger partial charge in [-0.25, -0.2) is 4.84 Å². The molecule has 0 aliphatic carbocycles. The summed E-state index contributed by atoms with van der Waals surface area (Å²) in [7, 11) is 0. The molecule has 0 unspecified atom stereocenters. The minimum Gasteiger partial charge on any atom is -0.504 e. The molecule has 0 atom stereocenters. The number of nitriles is 1. The summed E-state index contributed by atoms with van der Waals surface area (Å²) in [5.74, 6) is 0.660. The maximum atomic E-state index is 9.88. The van der Waals surface area contributed by atoms with Crippen LogP contribution in [0.4, 0.5) is 5.69 Å². The number of ether oxygens (including phenoxy) is 1. The zero-order valence-corrected chi connectivity index (χ0v) is 11.6. The van der Waals surface area contributed by atoms with Crippen LogP contribution in [-0.4, -0.2) is 25.3 Å². The third-order valence-electron chi connectivity index (χ3n) is 3.19. The van der Waals surface area contributed by atoms with Crippen molar-refractivity contribution in [3.63, 3.8) is 0 Å². The minimum absolute atomic E-state index is 0. The van der Waals surface area contributed by atoms with Crippen LogP contribution in [0.2, 0.25) is 0 Å². The second-order valence-electron chi connectivity index (χ2n) is 4.51. The van der Waals surface area contributed by atoms with E-state index in [-0.39, 0.29) is 19.9 Å². The standard InChI is InChI=1S/C15H12N2O4.B/c16-9-10-4-5-15(13(18)8-10)21-14-3-1-2-12-11(14)6-7-20-17(12)19;/h1-5,8,18-19H,6-7H2;. The van der Waals surface area contributed by atoms with Crippen LogP contribution in [0.5, 0.6) is 17.2 Å². The summed E-state index contributed by atoms with van der Waals surface area (Å²) in [6.07, 6.45) is 0.583. The van der Waals surface area contributed by atoms with Gasteiger partial charge in [0.05, 0.1) is 18.2 Å². The van der Waals surface area contributed by atoms with Crippen molar-refractivity contribution >= 4 is 14.1 Å². The van der Waals surface area contributed by atoms with Gasteiger partial charge in [-0.05, 0) is 24.3 Å². The van der Waals surface area contributed by atoms with Gasteiger partial charge in [0.2, 0.25) is 0 Å². The highest BCUT2D eigenvalue weighted by molar-refractivity contribution is 5.75. The topological polar surface area (TPSA) is 86.0 Å². The molecule has 3 rings (SSSR count). The predicted octanol–water partition coefficient (Wildman–Crippen LogP) is 2.36. The zero-order chi connectivity index (χ0) is 14.8. The third kappa shape index (κ3) is 2.84. The van der Waals surface area contributed by atoms with Crippen LogP contribution in [0, 0.1) is 11.3 Å². The molecule has 3 radical (unpaired) electrons. The molecule has 2 aromatic rings. The van der Waals surface area contributed by atoms with Gasteiger partial charge in [-0.2, -0.15) is 5.26 Å². The fourth-order valence-corrected chi connectivity index (χ4v) is 2.18. The number of fused-ring (bicyclic) bond motifs is 1. The molecule has 0 spiro atoms. The average molecular weight is 295 g/mol. The summed E-state index contributed by atoms with van der Waals surface area (Å²) in [6.45, 7) is 0.337. The van der Waals surface area contributed by atoms with E-state index in [1.54, 1.807) is 24.3 Å². The molecule has 1 aliphatic heterocycles. The summed E-state index contributed by atoms with van der Waals surface area (Å²) < 4.78 is 5.70. The molecule has 1 aliphatic rings. The van der Waals surface area contributed by atoms with E-state index in [1.165, 1.54) is 12.1 Å². The van der Waals surface area contributed by atoms with Crippen LogP contribution in [0.3, 0.4) is 0 Å². The number of phenolic OH excluding ortho intramolecular Hbond substituents is 1. The number of nitrogens with zero attached hydrogens (tertiary/aromatic N) is 2. The van der Waals surface area contributed by atoms with Gasteiger partial charge in [-0.15, -0.1) is 5.23 Å². The lowest BCUT2D eigenvalue weighted by Gasteiger charge is -2.25. The smallest absolute Gasteiger partial charge is 0.169 e. The lowest BCUT2D eigenvalue weighted by molar-refractivity contribution is -0.0476. The Morgan fingerprint density at radius 3 is 2.77 bits per heavy atom. The monoisotopic (exact) mass is 295 g/mol. The summed E-state index contributed by atoms with van der Waals surface area (Å²) in [6, 6.07) is 11.5. The molecule has 109 valence electrons. The van der Waals surface area contributed by atoms with Crippen LogP contribution in [0.15, 0.2) is 36.4 Å². The summed E-state index contributed by atoms with van der Waals surface area (Å²) in [4.78, 5) is 5.01. The molecular formula is C15H12BN2O4. The Labute approximate surface area is 129 Å². The van der Waals surface area contributed by atoms with Gasteiger partial charge in [0, 0.05) is 26.5 Å². The van der Waals surface area contributed by atoms with Crippen LogP contribution in [0.25, 0.3) is 0 Å². The predicted molar refractivity (Wildman–Crippen MR) is 79.0 cm³/mol. The fourth-order valence-electron chi connectivity index (χ4n) is 2.18. The Hall–Kier alpha value is -2.69. The van der Waals surface area contributed by atoms with Gasteiger partial charge < -0.3 is 9.84 Å². The molecule has 0 fully saturated rings. The molecule has 2 aromatic carbocycles. The quantitative estimate of drug-likeness (QED) is 0.827. The van der Waals surface area contributed by atoms with Crippen molar-refractivity contribution < 1.29 is 19.9 Å². The van der Waals surface area contributed by atoms with Gasteiger partial charge in [0.1, 0.15) is 11.4 Å². The molecule has 6 nitrogen and oxygen atoms in total. The molecule has 7 heteroatoms. The van der Waals surface area contributed by atoms with E-state index in [1.807, 2.05) is 6.07 Å². The molecule has 2 N–H and O–H groups in total. The van der Waals surface area contributed by atoms with Gasteiger partial charge in [-0.3, -0.25) is 5.21 Å². The van der Waals surface area contributed by atoms with Gasteiger partial charge in [0.25, 0.3) is 0 Å². The summed E-state index contributed by atoms with van der Waals surface area (Å²) in [5, 5.41) is 29.0. The molecule has 0 saturated heterocycles. The highest BCUT2D eigenvalue weighted by atomic mass is 16.9. The average Bonchev–Trinajstić information content (AvgIpc) is 2.50. The largest absolute Gasteiger partial charge is 0.504 e. The Balaban J connectivity index is 0.00000176. The normalized spacial score (nSPS) is 12.8. The first-order valence-electron chi connectivity index (χ1n) is 6.34. The van der Waals surface area contributed by atoms with Crippen LogP contribution in [0.1, 0.15) is 11.1 Å². The first-order chi connectivity index (χ1) is 10.2. The Bertz CT molecular complexity index is 730. The van der Waals surface area contributed by atoms with E-state index in [9.17, 15) is 10.3 Å². The van der Waals surface area contributed by atoms with Crippen LogP contribution < -0.4 is 9.96 Å². The van der Waals surface area contributed by atoms with E-state index < -0.39 is 0 Å². The Kier molecular flexibility index (Phi) is 4.56. The number of aromatic hydroxyl groups is 1. The molecule has 0 saturated carbocycles.